The lowest BCUT2D eigenvalue weighted by molar-refractivity contribution is -0.133. The van der Waals surface area contributed by atoms with Crippen molar-refractivity contribution in [2.45, 2.75) is 26.9 Å². The molecule has 0 radical (unpaired) electrons. The molecule has 0 atom stereocenters. The van der Waals surface area contributed by atoms with Gasteiger partial charge in [0.05, 0.1) is 13.2 Å². The SMILES string of the molecule is CC(=O)COCC(COCC(C)=O)OCC(C)=O.II. The van der Waals surface area contributed by atoms with Crippen molar-refractivity contribution in [2.75, 3.05) is 33.0 Å². The van der Waals surface area contributed by atoms with Crippen LogP contribution in [0.4, 0.5) is 0 Å². The zero-order valence-electron chi connectivity index (χ0n) is 11.8. The molecule has 0 heterocycles. The molecule has 0 bridgehead atoms. The molecule has 8 heteroatoms. The summed E-state index contributed by atoms with van der Waals surface area (Å²) in [7, 11) is 0. The van der Waals surface area contributed by atoms with Crippen LogP contribution in [0.5, 0.6) is 0 Å². The maximum Gasteiger partial charge on any atom is 0.155 e. The molecule has 0 aromatic carbocycles. The van der Waals surface area contributed by atoms with E-state index in [1.54, 1.807) is 0 Å². The number of carbonyl (C=O) groups excluding carboxylic acids is 3. The highest BCUT2D eigenvalue weighted by atomic mass is 128. The van der Waals surface area contributed by atoms with Crippen molar-refractivity contribution in [3.05, 3.63) is 0 Å². The molecule has 0 amide bonds. The van der Waals surface area contributed by atoms with Crippen LogP contribution in [0.25, 0.3) is 0 Å². The Morgan fingerprint density at radius 2 is 1.15 bits per heavy atom. The fraction of sp³-hybridized carbons (Fsp3) is 0.750. The van der Waals surface area contributed by atoms with Crippen LogP contribution < -0.4 is 0 Å². The van der Waals surface area contributed by atoms with Gasteiger partial charge in [0.15, 0.2) is 17.3 Å². The molecule has 0 rings (SSSR count). The molecule has 0 aromatic rings. The second kappa shape index (κ2) is 15.7. The smallest absolute Gasteiger partial charge is 0.155 e. The van der Waals surface area contributed by atoms with Crippen LogP contribution in [-0.2, 0) is 28.6 Å². The van der Waals surface area contributed by atoms with Crippen molar-refractivity contribution in [1.29, 1.82) is 0 Å². The largest absolute Gasteiger partial charge is 0.371 e. The van der Waals surface area contributed by atoms with Gasteiger partial charge in [-0.3, -0.25) is 14.4 Å². The summed E-state index contributed by atoms with van der Waals surface area (Å²) in [5.74, 6) is -0.298. The first-order chi connectivity index (χ1) is 9.41. The van der Waals surface area contributed by atoms with E-state index in [0.29, 0.717) is 0 Å². The molecule has 0 N–H and O–H groups in total. The highest BCUT2D eigenvalue weighted by Gasteiger charge is 2.12. The van der Waals surface area contributed by atoms with E-state index in [1.165, 1.54) is 20.8 Å². The number of ketones is 3. The van der Waals surface area contributed by atoms with Crippen molar-refractivity contribution in [1.82, 2.24) is 0 Å². The number of ether oxygens (including phenoxy) is 3. The average Bonchev–Trinajstić information content (AvgIpc) is 2.36. The Balaban J connectivity index is 0. The van der Waals surface area contributed by atoms with Gasteiger partial charge in [0.1, 0.15) is 25.9 Å². The Bertz CT molecular complexity index is 276. The Morgan fingerprint density at radius 3 is 1.45 bits per heavy atom. The lowest BCUT2D eigenvalue weighted by Crippen LogP contribution is -2.29. The topological polar surface area (TPSA) is 78.9 Å². The maximum absolute atomic E-state index is 10.8. The van der Waals surface area contributed by atoms with Gasteiger partial charge < -0.3 is 14.2 Å². The standard InChI is InChI=1S/C12H20O6.I2/c1-9(13)4-16-7-12(18-6-11(3)15)8-17-5-10(2)14;1-2/h12H,4-8H2,1-3H3;. The summed E-state index contributed by atoms with van der Waals surface area (Å²) in [5.41, 5.74) is 0. The second-order valence-corrected chi connectivity index (χ2v) is 4.07. The van der Waals surface area contributed by atoms with Gasteiger partial charge in [-0.1, -0.05) is 0 Å². The van der Waals surface area contributed by atoms with Gasteiger partial charge in [0, 0.05) is 37.2 Å². The number of carbonyl (C=O) groups is 3. The van der Waals surface area contributed by atoms with E-state index in [0.717, 1.165) is 0 Å². The second-order valence-electron chi connectivity index (χ2n) is 4.07. The van der Waals surface area contributed by atoms with Gasteiger partial charge in [0.2, 0.25) is 0 Å². The number of hydrogen-bond acceptors (Lipinski definition) is 6. The molecule has 20 heavy (non-hydrogen) atoms. The molecule has 0 fully saturated rings. The maximum atomic E-state index is 10.8. The molecule has 118 valence electrons. The van der Waals surface area contributed by atoms with E-state index in [1.807, 2.05) is 0 Å². The minimum atomic E-state index is -0.465. The molecule has 0 aliphatic carbocycles. The number of halogens is 2. The van der Waals surface area contributed by atoms with Crippen LogP contribution in [0.3, 0.4) is 0 Å². The van der Waals surface area contributed by atoms with E-state index in [9.17, 15) is 14.4 Å². The van der Waals surface area contributed by atoms with E-state index in [4.69, 9.17) is 14.2 Å². The monoisotopic (exact) mass is 514 g/mol. The van der Waals surface area contributed by atoms with Crippen molar-refractivity contribution >= 4 is 54.6 Å². The van der Waals surface area contributed by atoms with Crippen molar-refractivity contribution in [2.24, 2.45) is 0 Å². The summed E-state index contributed by atoms with van der Waals surface area (Å²) < 4.78 is 15.4. The summed E-state index contributed by atoms with van der Waals surface area (Å²) in [6.45, 7) is 4.46. The molecule has 0 saturated carbocycles. The molecular weight excluding hydrogens is 494 g/mol. The lowest BCUT2D eigenvalue weighted by Gasteiger charge is -2.16. The first kappa shape index (κ1) is 22.6. The fourth-order valence-electron chi connectivity index (χ4n) is 1.05. The highest BCUT2D eigenvalue weighted by Crippen LogP contribution is 1.97. The van der Waals surface area contributed by atoms with Gasteiger partial charge in [-0.2, -0.15) is 0 Å². The van der Waals surface area contributed by atoms with Gasteiger partial charge in [-0.15, -0.1) is 0 Å². The van der Waals surface area contributed by atoms with E-state index >= 15 is 0 Å². The minimum absolute atomic E-state index is 0.00730. The summed E-state index contributed by atoms with van der Waals surface area (Å²) in [5, 5.41) is 0. The van der Waals surface area contributed by atoms with Crippen LogP contribution in [0, 0.1) is 0 Å². The summed E-state index contributed by atoms with van der Waals surface area (Å²) in [6.07, 6.45) is -0.465. The molecular formula is C12H20I2O6. The minimum Gasteiger partial charge on any atom is -0.371 e. The Morgan fingerprint density at radius 1 is 0.800 bits per heavy atom. The normalized spacial score (nSPS) is 9.90. The average molecular weight is 514 g/mol. The third-order valence-corrected chi connectivity index (χ3v) is 1.74. The Hall–Kier alpha value is 0.350. The third kappa shape index (κ3) is 18.4. The Kier molecular flexibility index (Phi) is 17.8. The number of rotatable bonds is 11. The summed E-state index contributed by atoms with van der Waals surface area (Å²) >= 11 is 4.24. The first-order valence-electron chi connectivity index (χ1n) is 5.81. The first-order valence-corrected chi connectivity index (χ1v) is 12.1. The molecule has 0 saturated heterocycles. The zero-order valence-corrected chi connectivity index (χ0v) is 16.1. The van der Waals surface area contributed by atoms with Crippen LogP contribution >= 0.6 is 37.2 Å². The fourth-order valence-corrected chi connectivity index (χ4v) is 1.05. The number of Topliss-reactive ketones (excluding diaryl/α,β-unsaturated/α-hetero) is 3. The number of hydrogen-bond donors (Lipinski definition) is 0. The molecule has 0 aromatic heterocycles. The molecule has 0 aliphatic rings. The highest BCUT2D eigenvalue weighted by molar-refractivity contribution is 15.0. The predicted octanol–water partition coefficient (Wildman–Crippen LogP) is 1.94. The van der Waals surface area contributed by atoms with E-state index < -0.39 is 6.10 Å². The van der Waals surface area contributed by atoms with Crippen molar-refractivity contribution < 1.29 is 28.6 Å². The van der Waals surface area contributed by atoms with Gasteiger partial charge in [-0.25, -0.2) is 0 Å². The molecule has 6 nitrogen and oxygen atoms in total. The van der Waals surface area contributed by atoms with Crippen molar-refractivity contribution in [3.8, 4) is 0 Å². The zero-order chi connectivity index (χ0) is 16.0. The van der Waals surface area contributed by atoms with E-state index in [-0.39, 0.29) is 50.4 Å². The van der Waals surface area contributed by atoms with Gasteiger partial charge in [-0.05, 0) is 20.8 Å². The van der Waals surface area contributed by atoms with Gasteiger partial charge >= 0.3 is 0 Å². The quantitative estimate of drug-likeness (QED) is 0.393. The molecule has 0 unspecified atom stereocenters. The van der Waals surface area contributed by atoms with Crippen LogP contribution in [-0.4, -0.2) is 56.5 Å². The van der Waals surface area contributed by atoms with Crippen LogP contribution in [0.1, 0.15) is 20.8 Å². The summed E-state index contributed by atoms with van der Waals surface area (Å²) in [4.78, 5) is 32.2. The van der Waals surface area contributed by atoms with E-state index in [2.05, 4.69) is 37.2 Å². The lowest BCUT2D eigenvalue weighted by atomic mass is 10.4. The molecule has 0 spiro atoms. The van der Waals surface area contributed by atoms with Crippen LogP contribution in [0.2, 0.25) is 0 Å². The summed E-state index contributed by atoms with van der Waals surface area (Å²) in [6, 6.07) is 0. The van der Waals surface area contributed by atoms with Crippen LogP contribution in [0.15, 0.2) is 0 Å². The third-order valence-electron chi connectivity index (χ3n) is 1.74. The van der Waals surface area contributed by atoms with Gasteiger partial charge in [0.25, 0.3) is 0 Å². The van der Waals surface area contributed by atoms with Crippen molar-refractivity contribution in [3.63, 3.8) is 0 Å². The Labute approximate surface area is 142 Å². The predicted molar refractivity (Wildman–Crippen MR) is 91.5 cm³/mol. The molecule has 0 aliphatic heterocycles.